The van der Waals surface area contributed by atoms with E-state index in [4.69, 9.17) is 4.74 Å². The van der Waals surface area contributed by atoms with Crippen molar-refractivity contribution in [3.63, 3.8) is 0 Å². The van der Waals surface area contributed by atoms with E-state index in [9.17, 15) is 9.90 Å². The Morgan fingerprint density at radius 1 is 1.31 bits per heavy atom. The highest BCUT2D eigenvalue weighted by atomic mass is 16.5. The quantitative estimate of drug-likeness (QED) is 0.735. The van der Waals surface area contributed by atoms with Crippen molar-refractivity contribution >= 4 is 5.91 Å². The summed E-state index contributed by atoms with van der Waals surface area (Å²) in [6.07, 6.45) is 2.50. The van der Waals surface area contributed by atoms with Crippen LogP contribution in [0.25, 0.3) is 0 Å². The first kappa shape index (κ1) is 21.4. The second kappa shape index (κ2) is 9.44. The van der Waals surface area contributed by atoms with Crippen LogP contribution in [0, 0.1) is 5.41 Å². The number of aliphatic hydroxyl groups is 1. The summed E-state index contributed by atoms with van der Waals surface area (Å²) < 4.78 is 7.65. The van der Waals surface area contributed by atoms with Gasteiger partial charge in [0, 0.05) is 25.0 Å². The molecule has 1 unspecified atom stereocenters. The number of piperidine rings is 1. The normalized spacial score (nSPS) is 19.6. The zero-order chi connectivity index (χ0) is 20.9. The molecule has 0 radical (unpaired) electrons. The Hall–Kier alpha value is -2.34. The predicted octanol–water partition coefficient (Wildman–Crippen LogP) is 3.71. The fraction of sp³-hybridized carbons (Fsp3) is 0.565. The molecule has 1 aromatic heterocycles. The van der Waals surface area contributed by atoms with Gasteiger partial charge < -0.3 is 14.7 Å². The van der Waals surface area contributed by atoms with Crippen LogP contribution in [0.2, 0.25) is 0 Å². The summed E-state index contributed by atoms with van der Waals surface area (Å²) in [5.74, 6) is 1.12. The number of rotatable bonds is 8. The number of aliphatic hydroxyl groups excluding tert-OH is 1. The van der Waals surface area contributed by atoms with Gasteiger partial charge >= 0.3 is 0 Å². The second-order valence-corrected chi connectivity index (χ2v) is 8.32. The molecule has 2 aromatic rings. The molecule has 6 nitrogen and oxygen atoms in total. The summed E-state index contributed by atoms with van der Waals surface area (Å²) in [7, 11) is 0. The first-order valence-corrected chi connectivity index (χ1v) is 10.6. The van der Waals surface area contributed by atoms with Crippen LogP contribution in [0.15, 0.2) is 36.4 Å². The number of benzene rings is 1. The summed E-state index contributed by atoms with van der Waals surface area (Å²) in [5, 5.41) is 14.8. The van der Waals surface area contributed by atoms with Crippen LogP contribution in [-0.4, -0.2) is 52.0 Å². The number of hydrogen-bond acceptors (Lipinski definition) is 4. The Morgan fingerprint density at radius 2 is 2.07 bits per heavy atom. The summed E-state index contributed by atoms with van der Waals surface area (Å²) in [5.41, 5.74) is 1.27. The molecule has 1 aromatic carbocycles. The molecule has 1 saturated heterocycles. The number of amides is 1. The van der Waals surface area contributed by atoms with E-state index in [2.05, 4.69) is 18.9 Å². The van der Waals surface area contributed by atoms with Gasteiger partial charge in [-0.3, -0.25) is 9.48 Å². The van der Waals surface area contributed by atoms with Gasteiger partial charge in [0.2, 0.25) is 0 Å². The Balaban J connectivity index is 1.68. The average molecular weight is 400 g/mol. The predicted molar refractivity (Wildman–Crippen MR) is 113 cm³/mol. The van der Waals surface area contributed by atoms with Crippen LogP contribution in [-0.2, 0) is 6.54 Å². The molecule has 1 fully saturated rings. The molecule has 1 N–H and O–H groups in total. The number of para-hydroxylation sites is 1. The van der Waals surface area contributed by atoms with Crippen molar-refractivity contribution in [2.45, 2.75) is 52.5 Å². The zero-order valence-corrected chi connectivity index (χ0v) is 17.8. The highest BCUT2D eigenvalue weighted by molar-refractivity contribution is 5.92. The molecule has 6 heteroatoms. The first-order valence-electron chi connectivity index (χ1n) is 10.6. The van der Waals surface area contributed by atoms with Gasteiger partial charge in [0.1, 0.15) is 11.4 Å². The monoisotopic (exact) mass is 399 g/mol. The minimum atomic E-state index is -0.319. The topological polar surface area (TPSA) is 67.6 Å². The van der Waals surface area contributed by atoms with E-state index in [0.29, 0.717) is 38.4 Å². The van der Waals surface area contributed by atoms with Crippen molar-refractivity contribution < 1.29 is 14.6 Å². The fourth-order valence-electron chi connectivity index (χ4n) is 3.99. The molecule has 0 bridgehead atoms. The van der Waals surface area contributed by atoms with Crippen molar-refractivity contribution in [2.24, 2.45) is 5.41 Å². The molecular weight excluding hydrogens is 366 g/mol. The maximum Gasteiger partial charge on any atom is 0.272 e. The van der Waals surface area contributed by atoms with Crippen molar-refractivity contribution in [3.05, 3.63) is 47.8 Å². The van der Waals surface area contributed by atoms with E-state index < -0.39 is 0 Å². The van der Waals surface area contributed by atoms with Gasteiger partial charge in [-0.05, 0) is 50.3 Å². The molecule has 29 heavy (non-hydrogen) atoms. The third kappa shape index (κ3) is 4.99. The van der Waals surface area contributed by atoms with Crippen LogP contribution in [0.4, 0.5) is 0 Å². The van der Waals surface area contributed by atoms with Crippen molar-refractivity contribution in [1.29, 1.82) is 0 Å². The highest BCUT2D eigenvalue weighted by Crippen LogP contribution is 2.34. The molecule has 1 atom stereocenters. The van der Waals surface area contributed by atoms with Gasteiger partial charge in [0.25, 0.3) is 5.91 Å². The van der Waals surface area contributed by atoms with E-state index in [1.54, 1.807) is 4.68 Å². The molecule has 0 saturated carbocycles. The molecule has 1 aliphatic heterocycles. The Kier molecular flexibility index (Phi) is 6.96. The largest absolute Gasteiger partial charge is 0.494 e. The van der Waals surface area contributed by atoms with E-state index in [0.717, 1.165) is 24.3 Å². The van der Waals surface area contributed by atoms with E-state index in [1.165, 1.54) is 0 Å². The number of nitrogens with zero attached hydrogens (tertiary/aromatic N) is 3. The fourth-order valence-corrected chi connectivity index (χ4v) is 3.99. The Bertz CT molecular complexity index is 803. The second-order valence-electron chi connectivity index (χ2n) is 8.32. The molecule has 1 aliphatic rings. The third-order valence-corrected chi connectivity index (χ3v) is 5.84. The lowest BCUT2D eigenvalue weighted by Gasteiger charge is -2.41. The molecule has 158 valence electrons. The standard InChI is InChI=1S/C23H33N3O3/c1-4-26-21(15-20(24-26)18(2)3)22(28)25-13-8-11-23(16-25,17-27)12-14-29-19-9-6-5-7-10-19/h5-7,9-10,15,18,27H,4,8,11-14,16-17H2,1-3H3. The maximum absolute atomic E-state index is 13.3. The zero-order valence-electron chi connectivity index (χ0n) is 17.8. The third-order valence-electron chi connectivity index (χ3n) is 5.84. The average Bonchev–Trinajstić information content (AvgIpc) is 3.19. The lowest BCUT2D eigenvalue weighted by molar-refractivity contribution is 0.0150. The van der Waals surface area contributed by atoms with Crippen LogP contribution < -0.4 is 4.74 Å². The van der Waals surface area contributed by atoms with Crippen molar-refractivity contribution in [2.75, 3.05) is 26.3 Å². The molecule has 3 rings (SSSR count). The Labute approximate surface area is 173 Å². The van der Waals surface area contributed by atoms with Crippen LogP contribution >= 0.6 is 0 Å². The highest BCUT2D eigenvalue weighted by Gasteiger charge is 2.37. The number of carbonyl (C=O) groups is 1. The molecule has 1 amide bonds. The lowest BCUT2D eigenvalue weighted by Crippen LogP contribution is -2.48. The SMILES string of the molecule is CCn1nc(C(C)C)cc1C(=O)N1CCCC(CO)(CCOc2ccccc2)C1. The number of ether oxygens (including phenoxy) is 1. The molecule has 0 spiro atoms. The molecular formula is C23H33N3O3. The van der Waals surface area contributed by atoms with Crippen molar-refractivity contribution in [1.82, 2.24) is 14.7 Å². The molecule has 2 heterocycles. The van der Waals surface area contributed by atoms with Gasteiger partial charge in [0.05, 0.1) is 18.9 Å². The van der Waals surface area contributed by atoms with Gasteiger partial charge in [-0.2, -0.15) is 5.10 Å². The summed E-state index contributed by atoms with van der Waals surface area (Å²) in [6.45, 7) is 8.68. The van der Waals surface area contributed by atoms with Gasteiger partial charge in [-0.1, -0.05) is 32.0 Å². The smallest absolute Gasteiger partial charge is 0.272 e. The molecule has 0 aliphatic carbocycles. The first-order chi connectivity index (χ1) is 14.0. The summed E-state index contributed by atoms with van der Waals surface area (Å²) >= 11 is 0. The van der Waals surface area contributed by atoms with Gasteiger partial charge in [-0.25, -0.2) is 0 Å². The summed E-state index contributed by atoms with van der Waals surface area (Å²) in [6, 6.07) is 11.6. The number of aromatic nitrogens is 2. The van der Waals surface area contributed by atoms with E-state index in [1.807, 2.05) is 48.2 Å². The number of carbonyl (C=O) groups excluding carboxylic acids is 1. The van der Waals surface area contributed by atoms with Crippen LogP contribution in [0.1, 0.15) is 62.1 Å². The maximum atomic E-state index is 13.3. The number of aryl methyl sites for hydroxylation is 1. The van der Waals surface area contributed by atoms with Gasteiger partial charge in [0.15, 0.2) is 0 Å². The van der Waals surface area contributed by atoms with Crippen LogP contribution in [0.3, 0.4) is 0 Å². The van der Waals surface area contributed by atoms with Crippen LogP contribution in [0.5, 0.6) is 5.75 Å². The lowest BCUT2D eigenvalue weighted by atomic mass is 9.78. The number of likely N-dealkylation sites (tertiary alicyclic amines) is 1. The minimum absolute atomic E-state index is 0.00718. The summed E-state index contributed by atoms with van der Waals surface area (Å²) in [4.78, 5) is 15.2. The van der Waals surface area contributed by atoms with E-state index >= 15 is 0 Å². The van der Waals surface area contributed by atoms with E-state index in [-0.39, 0.29) is 23.8 Å². The van der Waals surface area contributed by atoms with Crippen molar-refractivity contribution in [3.8, 4) is 5.75 Å². The minimum Gasteiger partial charge on any atom is -0.494 e. The Morgan fingerprint density at radius 3 is 2.72 bits per heavy atom. The number of hydrogen-bond donors (Lipinski definition) is 1. The van der Waals surface area contributed by atoms with Gasteiger partial charge in [-0.15, -0.1) is 0 Å².